The molecule has 68 valence electrons. The van der Waals surface area contributed by atoms with E-state index in [2.05, 4.69) is 0 Å². The summed E-state index contributed by atoms with van der Waals surface area (Å²) in [5, 5.41) is 9.30. The molecule has 0 aromatic carbocycles. The van der Waals surface area contributed by atoms with Gasteiger partial charge in [-0.25, -0.2) is 0 Å². The predicted octanol–water partition coefficient (Wildman–Crippen LogP) is 2.05. The van der Waals surface area contributed by atoms with Gasteiger partial charge in [-0.05, 0) is 48.9 Å². The zero-order valence-corrected chi connectivity index (χ0v) is 7.58. The van der Waals surface area contributed by atoms with Gasteiger partial charge in [-0.15, -0.1) is 0 Å². The number of hydrogen-bond donors (Lipinski definition) is 1. The number of aliphatic hydroxyl groups excluding tert-OH is 1. The van der Waals surface area contributed by atoms with Crippen molar-refractivity contribution < 1.29 is 5.11 Å². The van der Waals surface area contributed by atoms with Gasteiger partial charge in [-0.1, -0.05) is 12.8 Å². The lowest BCUT2D eigenvalue weighted by atomic mass is 9.67. The van der Waals surface area contributed by atoms with Crippen LogP contribution in [0.1, 0.15) is 32.1 Å². The summed E-state index contributed by atoms with van der Waals surface area (Å²) in [6, 6.07) is 0. The molecule has 3 aliphatic carbocycles. The molecule has 0 saturated heterocycles. The van der Waals surface area contributed by atoms with E-state index in [4.69, 9.17) is 0 Å². The fraction of sp³-hybridized carbons (Fsp3) is 1.00. The van der Waals surface area contributed by atoms with Crippen molar-refractivity contribution in [2.75, 3.05) is 6.61 Å². The second kappa shape index (κ2) is 2.47. The number of rotatable bonds is 1. The van der Waals surface area contributed by atoms with E-state index in [9.17, 15) is 5.11 Å². The van der Waals surface area contributed by atoms with Crippen LogP contribution in [0.3, 0.4) is 0 Å². The lowest BCUT2D eigenvalue weighted by Crippen LogP contribution is -2.33. The van der Waals surface area contributed by atoms with E-state index in [1.165, 1.54) is 32.1 Å². The molecule has 3 saturated carbocycles. The number of aliphatic hydroxyl groups is 1. The van der Waals surface area contributed by atoms with Gasteiger partial charge in [0.25, 0.3) is 0 Å². The fourth-order valence-corrected chi connectivity index (χ4v) is 4.40. The van der Waals surface area contributed by atoms with Crippen LogP contribution >= 0.6 is 0 Å². The second-order valence-electron chi connectivity index (χ2n) is 5.10. The Balaban J connectivity index is 1.87. The smallest absolute Gasteiger partial charge is 0.0464 e. The predicted molar refractivity (Wildman–Crippen MR) is 47.6 cm³/mol. The van der Waals surface area contributed by atoms with Crippen LogP contribution in [0.2, 0.25) is 0 Å². The van der Waals surface area contributed by atoms with Crippen molar-refractivity contribution in [2.45, 2.75) is 32.1 Å². The molecule has 0 unspecified atom stereocenters. The molecule has 1 nitrogen and oxygen atoms in total. The molecular weight excluding hydrogens is 148 g/mol. The maximum absolute atomic E-state index is 9.30. The highest BCUT2D eigenvalue weighted by Crippen LogP contribution is 2.60. The van der Waals surface area contributed by atoms with Crippen LogP contribution in [-0.4, -0.2) is 11.7 Å². The summed E-state index contributed by atoms with van der Waals surface area (Å²) >= 11 is 0. The SMILES string of the molecule is OC[C@H]1[C@@H]2C[C@@H]3CCC[C@H]1[C@@H]3C2. The van der Waals surface area contributed by atoms with E-state index in [0.717, 1.165) is 23.7 Å². The van der Waals surface area contributed by atoms with Gasteiger partial charge in [-0.3, -0.25) is 0 Å². The molecule has 0 aromatic rings. The summed E-state index contributed by atoms with van der Waals surface area (Å²) in [5.74, 6) is 4.63. The molecule has 1 heteroatoms. The van der Waals surface area contributed by atoms with Gasteiger partial charge in [0.2, 0.25) is 0 Å². The molecule has 3 aliphatic rings. The van der Waals surface area contributed by atoms with Gasteiger partial charge in [0.1, 0.15) is 0 Å². The molecule has 0 aromatic heterocycles. The van der Waals surface area contributed by atoms with Gasteiger partial charge in [0, 0.05) is 6.61 Å². The highest BCUT2D eigenvalue weighted by molar-refractivity contribution is 5.02. The lowest BCUT2D eigenvalue weighted by molar-refractivity contribution is 0.0624. The van der Waals surface area contributed by atoms with Gasteiger partial charge < -0.3 is 5.11 Å². The summed E-state index contributed by atoms with van der Waals surface area (Å²) in [7, 11) is 0. The molecule has 0 aliphatic heterocycles. The van der Waals surface area contributed by atoms with E-state index >= 15 is 0 Å². The Kier molecular flexibility index (Phi) is 1.52. The Hall–Kier alpha value is -0.0400. The van der Waals surface area contributed by atoms with Crippen LogP contribution in [-0.2, 0) is 0 Å². The highest BCUT2D eigenvalue weighted by atomic mass is 16.3. The molecular formula is C11H18O. The third kappa shape index (κ3) is 0.783. The lowest BCUT2D eigenvalue weighted by Gasteiger charge is -2.39. The first-order chi connectivity index (χ1) is 5.90. The van der Waals surface area contributed by atoms with Crippen molar-refractivity contribution >= 4 is 0 Å². The molecule has 0 spiro atoms. The van der Waals surface area contributed by atoms with Crippen LogP contribution in [0.4, 0.5) is 0 Å². The first kappa shape index (κ1) is 7.37. The fourth-order valence-electron chi connectivity index (χ4n) is 4.40. The Morgan fingerprint density at radius 3 is 2.75 bits per heavy atom. The normalized spacial score (nSPS) is 56.2. The molecule has 2 bridgehead atoms. The van der Waals surface area contributed by atoms with Crippen molar-refractivity contribution in [3.8, 4) is 0 Å². The minimum absolute atomic E-state index is 0.471. The molecule has 0 amide bonds. The minimum atomic E-state index is 0.471. The van der Waals surface area contributed by atoms with Crippen molar-refractivity contribution in [3.05, 3.63) is 0 Å². The summed E-state index contributed by atoms with van der Waals surface area (Å²) in [6.45, 7) is 0.471. The Bertz CT molecular complexity index is 185. The van der Waals surface area contributed by atoms with Gasteiger partial charge in [0.15, 0.2) is 0 Å². The van der Waals surface area contributed by atoms with Crippen molar-refractivity contribution in [1.29, 1.82) is 0 Å². The molecule has 1 N–H and O–H groups in total. The van der Waals surface area contributed by atoms with Gasteiger partial charge in [-0.2, -0.15) is 0 Å². The molecule has 3 rings (SSSR count). The third-order valence-corrected chi connectivity index (χ3v) is 4.81. The monoisotopic (exact) mass is 166 g/mol. The van der Waals surface area contributed by atoms with E-state index in [-0.39, 0.29) is 0 Å². The minimum Gasteiger partial charge on any atom is -0.396 e. The van der Waals surface area contributed by atoms with E-state index in [1.54, 1.807) is 0 Å². The van der Waals surface area contributed by atoms with Gasteiger partial charge >= 0.3 is 0 Å². The van der Waals surface area contributed by atoms with Crippen molar-refractivity contribution in [1.82, 2.24) is 0 Å². The third-order valence-electron chi connectivity index (χ3n) is 4.81. The number of fused-ring (bicyclic) bond motifs is 1. The molecule has 0 radical (unpaired) electrons. The summed E-state index contributed by atoms with van der Waals surface area (Å²) in [5.41, 5.74) is 0. The molecule has 12 heavy (non-hydrogen) atoms. The number of hydrogen-bond acceptors (Lipinski definition) is 1. The maximum Gasteiger partial charge on any atom is 0.0464 e. The zero-order valence-electron chi connectivity index (χ0n) is 7.58. The average molecular weight is 166 g/mol. The molecule has 3 fully saturated rings. The first-order valence-electron chi connectivity index (χ1n) is 5.51. The van der Waals surface area contributed by atoms with E-state index in [1.807, 2.05) is 0 Å². The highest BCUT2D eigenvalue weighted by Gasteiger charge is 2.52. The van der Waals surface area contributed by atoms with Gasteiger partial charge in [0.05, 0.1) is 0 Å². The summed E-state index contributed by atoms with van der Waals surface area (Å²) in [6.07, 6.45) is 7.26. The van der Waals surface area contributed by atoms with Crippen LogP contribution in [0.5, 0.6) is 0 Å². The Morgan fingerprint density at radius 1 is 1.00 bits per heavy atom. The van der Waals surface area contributed by atoms with E-state index < -0.39 is 0 Å². The second-order valence-corrected chi connectivity index (χ2v) is 5.10. The largest absolute Gasteiger partial charge is 0.396 e. The van der Waals surface area contributed by atoms with Crippen molar-refractivity contribution in [2.24, 2.45) is 29.6 Å². The molecule has 0 heterocycles. The zero-order chi connectivity index (χ0) is 8.13. The standard InChI is InChI=1S/C11H18O/c12-6-11-8-4-7-2-1-3-9(11)10(7)5-8/h7-12H,1-6H2/t7-,8+,9-,10+,11-/m0/s1. The van der Waals surface area contributed by atoms with Crippen LogP contribution in [0, 0.1) is 29.6 Å². The molecule has 5 atom stereocenters. The van der Waals surface area contributed by atoms with E-state index in [0.29, 0.717) is 12.5 Å². The van der Waals surface area contributed by atoms with Crippen molar-refractivity contribution in [3.63, 3.8) is 0 Å². The first-order valence-corrected chi connectivity index (χ1v) is 5.51. The summed E-state index contributed by atoms with van der Waals surface area (Å²) < 4.78 is 0. The maximum atomic E-state index is 9.30. The van der Waals surface area contributed by atoms with Crippen LogP contribution in [0.25, 0.3) is 0 Å². The Labute approximate surface area is 74.2 Å². The van der Waals surface area contributed by atoms with Crippen LogP contribution < -0.4 is 0 Å². The van der Waals surface area contributed by atoms with Crippen LogP contribution in [0.15, 0.2) is 0 Å². The average Bonchev–Trinajstić information content (AvgIpc) is 2.60. The Morgan fingerprint density at radius 2 is 1.92 bits per heavy atom. The quantitative estimate of drug-likeness (QED) is 0.632. The topological polar surface area (TPSA) is 20.2 Å². The summed E-state index contributed by atoms with van der Waals surface area (Å²) in [4.78, 5) is 0.